The Kier molecular flexibility index (Phi) is 4.99. The van der Waals surface area contributed by atoms with Crippen molar-refractivity contribution in [3.8, 4) is 5.75 Å². The number of piperidine rings is 1. The first-order chi connectivity index (χ1) is 11.4. The van der Waals surface area contributed by atoms with Gasteiger partial charge >= 0.3 is 0 Å². The van der Waals surface area contributed by atoms with Crippen molar-refractivity contribution in [2.75, 3.05) is 20.2 Å². The molecular weight excluding hydrogens is 342 g/mol. The first-order valence-corrected chi connectivity index (χ1v) is 10.5. The number of thiophene rings is 1. The summed E-state index contributed by atoms with van der Waals surface area (Å²) in [6.45, 7) is 5.00. The van der Waals surface area contributed by atoms with Crippen molar-refractivity contribution in [3.63, 3.8) is 0 Å². The van der Waals surface area contributed by atoms with Gasteiger partial charge in [0.25, 0.3) is 0 Å². The van der Waals surface area contributed by atoms with E-state index in [-0.39, 0.29) is 4.90 Å². The van der Waals surface area contributed by atoms with Gasteiger partial charge in [0.1, 0.15) is 10.6 Å². The quantitative estimate of drug-likeness (QED) is 0.824. The summed E-state index contributed by atoms with van der Waals surface area (Å²) in [5.74, 6) is 0.891. The molecule has 2 aromatic rings. The fourth-order valence-electron chi connectivity index (χ4n) is 3.20. The molecule has 24 heavy (non-hydrogen) atoms. The number of ether oxygens (including phenoxy) is 1. The molecule has 1 aliphatic rings. The third-order valence-corrected chi connectivity index (χ3v) is 7.49. The van der Waals surface area contributed by atoms with Gasteiger partial charge < -0.3 is 4.74 Å². The average molecular weight is 366 g/mol. The molecule has 1 aliphatic heterocycles. The maximum atomic E-state index is 13.1. The molecule has 3 rings (SSSR count). The van der Waals surface area contributed by atoms with Gasteiger partial charge in [-0.3, -0.25) is 0 Å². The molecule has 0 unspecified atom stereocenters. The molecule has 6 heteroatoms. The second-order valence-electron chi connectivity index (χ2n) is 6.32. The van der Waals surface area contributed by atoms with E-state index >= 15 is 0 Å². The van der Waals surface area contributed by atoms with Gasteiger partial charge in [-0.05, 0) is 78.3 Å². The third kappa shape index (κ3) is 3.23. The Morgan fingerprint density at radius 2 is 1.83 bits per heavy atom. The second-order valence-corrected chi connectivity index (χ2v) is 9.01. The Hall–Kier alpha value is -1.37. The van der Waals surface area contributed by atoms with Crippen LogP contribution < -0.4 is 4.74 Å². The number of hydrogen-bond acceptors (Lipinski definition) is 4. The van der Waals surface area contributed by atoms with E-state index in [4.69, 9.17) is 4.74 Å². The lowest BCUT2D eigenvalue weighted by Crippen LogP contribution is -2.38. The Labute approximate surface area is 148 Å². The molecular formula is C18H23NO3S2. The second kappa shape index (κ2) is 6.86. The van der Waals surface area contributed by atoms with Crippen LogP contribution in [0.15, 0.2) is 33.9 Å². The molecule has 0 aliphatic carbocycles. The number of aryl methyl sites for hydroxylation is 2. The van der Waals surface area contributed by atoms with Crippen molar-refractivity contribution in [3.05, 3.63) is 45.6 Å². The monoisotopic (exact) mass is 365 g/mol. The summed E-state index contributed by atoms with van der Waals surface area (Å²) in [5, 5.41) is 4.25. The van der Waals surface area contributed by atoms with E-state index < -0.39 is 10.0 Å². The van der Waals surface area contributed by atoms with E-state index in [1.807, 2.05) is 13.8 Å². The van der Waals surface area contributed by atoms with Crippen LogP contribution >= 0.6 is 11.3 Å². The van der Waals surface area contributed by atoms with Gasteiger partial charge in [0, 0.05) is 13.1 Å². The lowest BCUT2D eigenvalue weighted by Gasteiger charge is -2.31. The van der Waals surface area contributed by atoms with E-state index in [1.165, 1.54) is 12.7 Å². The maximum absolute atomic E-state index is 13.1. The summed E-state index contributed by atoms with van der Waals surface area (Å²) in [5.41, 5.74) is 3.32. The Bertz CT molecular complexity index is 805. The van der Waals surface area contributed by atoms with Crippen molar-refractivity contribution < 1.29 is 13.2 Å². The van der Waals surface area contributed by atoms with Crippen molar-refractivity contribution in [2.24, 2.45) is 0 Å². The van der Waals surface area contributed by atoms with Crippen LogP contribution in [0.3, 0.4) is 0 Å². The van der Waals surface area contributed by atoms with Gasteiger partial charge in [0.2, 0.25) is 10.0 Å². The smallest absolute Gasteiger partial charge is 0.246 e. The summed E-state index contributed by atoms with van der Waals surface area (Å²) in [7, 11) is -2.01. The molecule has 0 N–H and O–H groups in total. The predicted molar refractivity (Wildman–Crippen MR) is 97.5 cm³/mol. The van der Waals surface area contributed by atoms with Crippen LogP contribution in [0, 0.1) is 13.8 Å². The van der Waals surface area contributed by atoms with Gasteiger partial charge in [-0.1, -0.05) is 0 Å². The van der Waals surface area contributed by atoms with E-state index in [0.717, 1.165) is 24.0 Å². The number of benzene rings is 1. The van der Waals surface area contributed by atoms with Crippen molar-refractivity contribution in [1.29, 1.82) is 0 Å². The normalized spacial score (nSPS) is 17.1. The van der Waals surface area contributed by atoms with Crippen molar-refractivity contribution in [1.82, 2.24) is 4.31 Å². The van der Waals surface area contributed by atoms with E-state index in [0.29, 0.717) is 24.8 Å². The van der Waals surface area contributed by atoms with Gasteiger partial charge in [-0.15, -0.1) is 0 Å². The number of methoxy groups -OCH3 is 1. The van der Waals surface area contributed by atoms with Crippen LogP contribution in [0.25, 0.3) is 0 Å². The molecule has 1 aromatic heterocycles. The highest BCUT2D eigenvalue weighted by molar-refractivity contribution is 7.89. The topological polar surface area (TPSA) is 46.6 Å². The highest BCUT2D eigenvalue weighted by atomic mass is 32.2. The third-order valence-electron chi connectivity index (χ3n) is 4.87. The van der Waals surface area contributed by atoms with Crippen molar-refractivity contribution in [2.45, 2.75) is 37.5 Å². The van der Waals surface area contributed by atoms with Crippen LogP contribution in [0.2, 0.25) is 0 Å². The average Bonchev–Trinajstić information content (AvgIpc) is 3.11. The van der Waals surface area contributed by atoms with Gasteiger partial charge in [-0.2, -0.15) is 15.6 Å². The molecule has 1 aromatic carbocycles. The Balaban J connectivity index is 1.83. The largest absolute Gasteiger partial charge is 0.495 e. The van der Waals surface area contributed by atoms with Crippen LogP contribution in [0.5, 0.6) is 5.75 Å². The molecule has 130 valence electrons. The summed E-state index contributed by atoms with van der Waals surface area (Å²) < 4.78 is 33.1. The number of sulfonamides is 1. The fraction of sp³-hybridized carbons (Fsp3) is 0.444. The molecule has 0 atom stereocenters. The first kappa shape index (κ1) is 17.5. The molecule has 0 bridgehead atoms. The molecule has 0 radical (unpaired) electrons. The van der Waals surface area contributed by atoms with Gasteiger partial charge in [-0.25, -0.2) is 8.42 Å². The number of rotatable bonds is 4. The van der Waals surface area contributed by atoms with Gasteiger partial charge in [0.15, 0.2) is 0 Å². The Morgan fingerprint density at radius 1 is 1.17 bits per heavy atom. The SMILES string of the molecule is COc1cc(C)c(C)cc1S(=O)(=O)N1CCC(c2ccsc2)CC1. The van der Waals surface area contributed by atoms with Crippen LogP contribution in [-0.4, -0.2) is 32.9 Å². The fourth-order valence-corrected chi connectivity index (χ4v) is 5.63. The van der Waals surface area contributed by atoms with Crippen molar-refractivity contribution >= 4 is 21.4 Å². The minimum absolute atomic E-state index is 0.280. The summed E-state index contributed by atoms with van der Waals surface area (Å²) in [6.07, 6.45) is 1.73. The zero-order valence-corrected chi connectivity index (χ0v) is 15.9. The molecule has 0 saturated carbocycles. The zero-order chi connectivity index (χ0) is 17.3. The molecule has 1 fully saturated rings. The molecule has 0 spiro atoms. The van der Waals surface area contributed by atoms with Crippen LogP contribution in [0.1, 0.15) is 35.4 Å². The van der Waals surface area contributed by atoms with Gasteiger partial charge in [0.05, 0.1) is 7.11 Å². The van der Waals surface area contributed by atoms with Crippen LogP contribution in [-0.2, 0) is 10.0 Å². The van der Waals surface area contributed by atoms with E-state index in [9.17, 15) is 8.42 Å². The minimum Gasteiger partial charge on any atom is -0.495 e. The van der Waals surface area contributed by atoms with E-state index in [2.05, 4.69) is 16.8 Å². The summed E-state index contributed by atoms with van der Waals surface area (Å²) in [4.78, 5) is 0.280. The predicted octanol–water partition coefficient (Wildman–Crippen LogP) is 3.94. The van der Waals surface area contributed by atoms with Crippen LogP contribution in [0.4, 0.5) is 0 Å². The maximum Gasteiger partial charge on any atom is 0.246 e. The first-order valence-electron chi connectivity index (χ1n) is 8.11. The highest BCUT2D eigenvalue weighted by Crippen LogP contribution is 2.34. The molecule has 2 heterocycles. The lowest BCUT2D eigenvalue weighted by molar-refractivity contribution is 0.317. The zero-order valence-electron chi connectivity index (χ0n) is 14.3. The summed E-state index contributed by atoms with van der Waals surface area (Å²) >= 11 is 1.70. The number of nitrogens with zero attached hydrogens (tertiary/aromatic N) is 1. The Morgan fingerprint density at radius 3 is 2.42 bits per heavy atom. The summed E-state index contributed by atoms with van der Waals surface area (Å²) in [6, 6.07) is 5.68. The lowest BCUT2D eigenvalue weighted by atomic mass is 9.92. The molecule has 0 amide bonds. The standard InChI is InChI=1S/C18H23NO3S2/c1-13-10-17(22-3)18(11-14(13)2)24(20,21)19-7-4-15(5-8-19)16-6-9-23-12-16/h6,9-12,15H,4-5,7-8H2,1-3H3. The minimum atomic E-state index is -3.53. The van der Waals surface area contributed by atoms with E-state index in [1.54, 1.807) is 27.8 Å². The highest BCUT2D eigenvalue weighted by Gasteiger charge is 2.32. The number of hydrogen-bond donors (Lipinski definition) is 0. The molecule has 1 saturated heterocycles. The molecule has 4 nitrogen and oxygen atoms in total.